The summed E-state index contributed by atoms with van der Waals surface area (Å²) in [5.74, 6) is 1.83. The van der Waals surface area contributed by atoms with Crippen molar-refractivity contribution in [3.63, 3.8) is 0 Å². The molecular formula is C17H20N6O2. The zero-order valence-corrected chi connectivity index (χ0v) is 14.2. The second-order valence-electron chi connectivity index (χ2n) is 5.27. The van der Waals surface area contributed by atoms with Crippen molar-refractivity contribution in [1.82, 2.24) is 15.3 Å². The summed E-state index contributed by atoms with van der Waals surface area (Å²) in [4.78, 5) is 24.8. The lowest BCUT2D eigenvalue weighted by Crippen LogP contribution is -2.30. The molecule has 0 fully saturated rings. The van der Waals surface area contributed by atoms with Gasteiger partial charge in [0.2, 0.25) is 5.88 Å². The molecule has 3 heterocycles. The first-order chi connectivity index (χ1) is 12.2. The van der Waals surface area contributed by atoms with Gasteiger partial charge < -0.3 is 15.4 Å². The van der Waals surface area contributed by atoms with Gasteiger partial charge in [0.1, 0.15) is 11.7 Å². The van der Waals surface area contributed by atoms with Gasteiger partial charge in [-0.05, 0) is 19.9 Å². The van der Waals surface area contributed by atoms with Gasteiger partial charge in [-0.15, -0.1) is 0 Å². The number of nitrogens with zero attached hydrogens (tertiary/aromatic N) is 3. The third-order valence-electron chi connectivity index (χ3n) is 3.54. The number of amides is 2. The molecule has 0 spiro atoms. The lowest BCUT2D eigenvalue weighted by Gasteiger charge is -2.23. The fourth-order valence-corrected chi connectivity index (χ4v) is 2.39. The van der Waals surface area contributed by atoms with Crippen molar-refractivity contribution in [3.8, 4) is 5.88 Å². The molecule has 25 heavy (non-hydrogen) atoms. The number of ether oxygens (including phenoxy) is 1. The number of fused-ring (bicyclic) bond motifs is 1. The summed E-state index contributed by atoms with van der Waals surface area (Å²) < 4.78 is 5.44. The number of aromatic nitrogens is 2. The van der Waals surface area contributed by atoms with Crippen LogP contribution in [0.2, 0.25) is 0 Å². The van der Waals surface area contributed by atoms with Crippen molar-refractivity contribution in [2.45, 2.75) is 20.4 Å². The third kappa shape index (κ3) is 3.85. The fraction of sp³-hybridized carbons (Fsp3) is 0.294. The van der Waals surface area contributed by atoms with Crippen LogP contribution in [-0.4, -0.2) is 35.0 Å². The average Bonchev–Trinajstić information content (AvgIpc) is 2.60. The molecular weight excluding hydrogens is 320 g/mol. The van der Waals surface area contributed by atoms with Crippen molar-refractivity contribution >= 4 is 23.4 Å². The van der Waals surface area contributed by atoms with Gasteiger partial charge >= 0.3 is 6.03 Å². The van der Waals surface area contributed by atoms with Crippen LogP contribution in [0.3, 0.4) is 0 Å². The molecule has 130 valence electrons. The third-order valence-corrected chi connectivity index (χ3v) is 3.54. The summed E-state index contributed by atoms with van der Waals surface area (Å²) in [5, 5.41) is 8.61. The molecule has 0 aliphatic carbocycles. The molecule has 0 radical (unpaired) electrons. The summed E-state index contributed by atoms with van der Waals surface area (Å²) in [6, 6.07) is 5.09. The van der Waals surface area contributed by atoms with E-state index < -0.39 is 0 Å². The second-order valence-corrected chi connectivity index (χ2v) is 5.27. The van der Waals surface area contributed by atoms with Crippen LogP contribution in [0.5, 0.6) is 5.88 Å². The van der Waals surface area contributed by atoms with E-state index in [1.807, 2.05) is 19.9 Å². The van der Waals surface area contributed by atoms with Crippen molar-refractivity contribution in [3.05, 3.63) is 41.7 Å². The largest absolute Gasteiger partial charge is 0.478 e. The van der Waals surface area contributed by atoms with Gasteiger partial charge in [-0.25, -0.2) is 14.8 Å². The predicted octanol–water partition coefficient (Wildman–Crippen LogP) is 2.39. The number of pyridine rings is 2. The van der Waals surface area contributed by atoms with Crippen LogP contribution in [0, 0.1) is 0 Å². The fourth-order valence-electron chi connectivity index (χ4n) is 2.39. The Morgan fingerprint density at radius 2 is 2.24 bits per heavy atom. The first-order valence-electron chi connectivity index (χ1n) is 8.14. The van der Waals surface area contributed by atoms with E-state index >= 15 is 0 Å². The number of nitrogens with one attached hydrogen (secondary N) is 3. The quantitative estimate of drug-likeness (QED) is 0.749. The van der Waals surface area contributed by atoms with Gasteiger partial charge in [0.15, 0.2) is 0 Å². The van der Waals surface area contributed by atoms with Crippen LogP contribution in [0.1, 0.15) is 25.0 Å². The molecule has 3 N–H and O–H groups in total. The Morgan fingerprint density at radius 1 is 1.36 bits per heavy atom. The van der Waals surface area contributed by atoms with E-state index in [1.54, 1.807) is 24.5 Å². The lowest BCUT2D eigenvalue weighted by atomic mass is 10.1. The molecule has 0 atom stereocenters. The molecule has 1 aliphatic rings. The maximum absolute atomic E-state index is 12.1. The molecule has 8 heteroatoms. The number of amidine groups is 1. The molecule has 0 aromatic carbocycles. The highest BCUT2D eigenvalue weighted by Crippen LogP contribution is 2.27. The van der Waals surface area contributed by atoms with E-state index in [0.29, 0.717) is 31.4 Å². The second kappa shape index (κ2) is 7.61. The number of hydrogen-bond acceptors (Lipinski definition) is 5. The minimum atomic E-state index is -0.347. The van der Waals surface area contributed by atoms with Crippen molar-refractivity contribution in [1.29, 1.82) is 0 Å². The zero-order chi connectivity index (χ0) is 17.6. The number of carbonyl (C=O) groups excluding carboxylic acids is 1. The first kappa shape index (κ1) is 16.7. The van der Waals surface area contributed by atoms with Crippen molar-refractivity contribution in [2.75, 3.05) is 23.8 Å². The SMILES string of the molecule is CCN=C1Nc2cc(NC(=O)NCc3cccnc3OCC)ncc21. The first-order valence-corrected chi connectivity index (χ1v) is 8.14. The molecule has 0 saturated heterocycles. The Labute approximate surface area is 145 Å². The minimum absolute atomic E-state index is 0.311. The molecule has 0 saturated carbocycles. The average molecular weight is 340 g/mol. The summed E-state index contributed by atoms with van der Waals surface area (Å²) in [5.41, 5.74) is 2.68. The number of rotatable bonds is 6. The van der Waals surface area contributed by atoms with Gasteiger partial charge in [-0.2, -0.15) is 0 Å². The Balaban J connectivity index is 1.57. The summed E-state index contributed by atoms with van der Waals surface area (Å²) >= 11 is 0. The summed E-state index contributed by atoms with van der Waals surface area (Å²) in [6.45, 7) is 5.40. The lowest BCUT2D eigenvalue weighted by molar-refractivity contribution is 0.251. The Hall–Kier alpha value is -3.16. The predicted molar refractivity (Wildman–Crippen MR) is 96.2 cm³/mol. The smallest absolute Gasteiger partial charge is 0.320 e. The van der Waals surface area contributed by atoms with Crippen LogP contribution in [-0.2, 0) is 6.54 Å². The van der Waals surface area contributed by atoms with E-state index in [4.69, 9.17) is 4.74 Å². The highest BCUT2D eigenvalue weighted by Gasteiger charge is 2.21. The highest BCUT2D eigenvalue weighted by atomic mass is 16.5. The van der Waals surface area contributed by atoms with Gasteiger partial charge in [0.25, 0.3) is 0 Å². The van der Waals surface area contributed by atoms with E-state index in [0.717, 1.165) is 22.6 Å². The topological polar surface area (TPSA) is 101 Å². The number of anilines is 2. The van der Waals surface area contributed by atoms with E-state index in [9.17, 15) is 4.79 Å². The molecule has 2 aromatic heterocycles. The standard InChI is InChI=1S/C17H20N6O2/c1-3-18-15-12-10-20-14(8-13(12)22-15)23-17(24)21-9-11-6-5-7-19-16(11)25-4-2/h5-8,10H,3-4,9H2,1-2H3,(H,18,22)(H2,20,21,23,24). The van der Waals surface area contributed by atoms with Crippen molar-refractivity contribution in [2.24, 2.45) is 4.99 Å². The number of hydrogen-bond donors (Lipinski definition) is 3. The van der Waals surface area contributed by atoms with E-state index in [-0.39, 0.29) is 6.03 Å². The van der Waals surface area contributed by atoms with Crippen LogP contribution in [0.4, 0.5) is 16.3 Å². The molecule has 1 aliphatic heterocycles. The van der Waals surface area contributed by atoms with Crippen molar-refractivity contribution < 1.29 is 9.53 Å². The maximum Gasteiger partial charge on any atom is 0.320 e. The van der Waals surface area contributed by atoms with E-state index in [1.165, 1.54) is 0 Å². The van der Waals surface area contributed by atoms with Crippen LogP contribution >= 0.6 is 0 Å². The number of carbonyl (C=O) groups is 1. The van der Waals surface area contributed by atoms with Crippen LogP contribution < -0.4 is 20.7 Å². The molecule has 0 unspecified atom stereocenters. The van der Waals surface area contributed by atoms with Crippen LogP contribution in [0.25, 0.3) is 0 Å². The maximum atomic E-state index is 12.1. The van der Waals surface area contributed by atoms with Gasteiger partial charge in [-0.3, -0.25) is 10.3 Å². The Bertz CT molecular complexity index is 805. The normalized spacial score (nSPS) is 13.4. The van der Waals surface area contributed by atoms with Gasteiger partial charge in [0.05, 0.1) is 17.9 Å². The Morgan fingerprint density at radius 3 is 3.00 bits per heavy atom. The molecule has 0 bridgehead atoms. The molecule has 3 rings (SSSR count). The number of aliphatic imine (C=N–C) groups is 1. The molecule has 2 aromatic rings. The number of urea groups is 1. The Kier molecular flexibility index (Phi) is 5.08. The van der Waals surface area contributed by atoms with Crippen LogP contribution in [0.15, 0.2) is 35.6 Å². The molecule has 2 amide bonds. The monoisotopic (exact) mass is 340 g/mol. The van der Waals surface area contributed by atoms with E-state index in [2.05, 4.69) is 30.9 Å². The van der Waals surface area contributed by atoms with Gasteiger partial charge in [0, 0.05) is 37.1 Å². The molecule has 8 nitrogen and oxygen atoms in total. The zero-order valence-electron chi connectivity index (χ0n) is 14.2. The highest BCUT2D eigenvalue weighted by molar-refractivity contribution is 6.21. The summed E-state index contributed by atoms with van der Waals surface area (Å²) in [7, 11) is 0. The minimum Gasteiger partial charge on any atom is -0.478 e. The van der Waals surface area contributed by atoms with Gasteiger partial charge in [-0.1, -0.05) is 6.07 Å². The summed E-state index contributed by atoms with van der Waals surface area (Å²) in [6.07, 6.45) is 3.35.